The van der Waals surface area contributed by atoms with E-state index in [1.54, 1.807) is 0 Å². The number of likely N-dealkylation sites (tertiary alicyclic amines) is 1. The number of ether oxygens (including phenoxy) is 1. The second kappa shape index (κ2) is 6.34. The van der Waals surface area contributed by atoms with Gasteiger partial charge in [-0.15, -0.1) is 10.2 Å². The molecule has 1 aromatic heterocycles. The second-order valence-corrected chi connectivity index (χ2v) is 7.94. The van der Waals surface area contributed by atoms with Crippen LogP contribution in [0.1, 0.15) is 24.1 Å². The fraction of sp³-hybridized carbons (Fsp3) is 0.550. The summed E-state index contributed by atoms with van der Waals surface area (Å²) >= 11 is 0. The van der Waals surface area contributed by atoms with Crippen LogP contribution < -0.4 is 9.64 Å². The van der Waals surface area contributed by atoms with E-state index in [9.17, 15) is 5.11 Å². The van der Waals surface area contributed by atoms with Gasteiger partial charge in [0.2, 0.25) is 5.95 Å². The monoisotopic (exact) mass is 367 g/mol. The van der Waals surface area contributed by atoms with Crippen LogP contribution in [0.5, 0.6) is 11.5 Å². The van der Waals surface area contributed by atoms with Gasteiger partial charge in [-0.3, -0.25) is 0 Å². The smallest absolute Gasteiger partial charge is 0.245 e. The van der Waals surface area contributed by atoms with E-state index >= 15 is 0 Å². The summed E-state index contributed by atoms with van der Waals surface area (Å²) in [7, 11) is 2.18. The summed E-state index contributed by atoms with van der Waals surface area (Å²) in [5, 5.41) is 19.6. The van der Waals surface area contributed by atoms with E-state index < -0.39 is 0 Å². The van der Waals surface area contributed by atoms with E-state index in [0.717, 1.165) is 42.4 Å². The van der Waals surface area contributed by atoms with Gasteiger partial charge in [0.1, 0.15) is 17.2 Å². The number of rotatable bonds is 2. The normalized spacial score (nSPS) is 24.6. The van der Waals surface area contributed by atoms with Crippen molar-refractivity contribution in [3.05, 3.63) is 23.4 Å². The third-order valence-electron chi connectivity index (χ3n) is 6.28. The Balaban J connectivity index is 1.47. The number of piperidine rings is 1. The average Bonchev–Trinajstić information content (AvgIpc) is 3.29. The van der Waals surface area contributed by atoms with Gasteiger partial charge in [-0.25, -0.2) is 4.98 Å². The maximum atomic E-state index is 10.7. The first-order valence-corrected chi connectivity index (χ1v) is 9.76. The quantitative estimate of drug-likeness (QED) is 0.870. The first-order chi connectivity index (χ1) is 13.1. The topological polar surface area (TPSA) is 74.6 Å². The number of benzene rings is 1. The summed E-state index contributed by atoms with van der Waals surface area (Å²) in [4.78, 5) is 9.48. The lowest BCUT2D eigenvalue weighted by molar-refractivity contribution is 0.207. The predicted octanol–water partition coefficient (Wildman–Crippen LogP) is 2.02. The van der Waals surface area contributed by atoms with Crippen molar-refractivity contribution in [3.63, 3.8) is 0 Å². The Kier molecular flexibility index (Phi) is 3.93. The number of aromatic nitrogens is 3. The Hall–Kier alpha value is -2.41. The molecule has 0 aliphatic carbocycles. The number of anilines is 1. The maximum Gasteiger partial charge on any atom is 0.245 e. The summed E-state index contributed by atoms with van der Waals surface area (Å²) in [6, 6.07) is 4.22. The number of nitrogens with zero attached hydrogens (tertiary/aromatic N) is 5. The van der Waals surface area contributed by atoms with Crippen LogP contribution in [-0.4, -0.2) is 64.5 Å². The van der Waals surface area contributed by atoms with Gasteiger partial charge < -0.3 is 19.6 Å². The van der Waals surface area contributed by atoms with Gasteiger partial charge in [-0.05, 0) is 51.4 Å². The van der Waals surface area contributed by atoms with Crippen molar-refractivity contribution in [1.29, 1.82) is 0 Å². The molecule has 5 rings (SSSR count). The van der Waals surface area contributed by atoms with E-state index in [2.05, 4.69) is 27.0 Å². The standard InChI is InChI=1S/C20H25N5O2/c1-12-18(15-3-4-17-14(19(15)26)7-10-27-17)22-23-20(21-12)25-9-6-13-5-8-24(2)11-16(13)25/h3-4,13,16,26H,5-11H2,1-2H3/t13-,16-/m1/s1. The van der Waals surface area contributed by atoms with E-state index in [-0.39, 0.29) is 5.75 Å². The Morgan fingerprint density at radius 1 is 1.19 bits per heavy atom. The maximum absolute atomic E-state index is 10.7. The fourth-order valence-electron chi connectivity index (χ4n) is 4.76. The van der Waals surface area contributed by atoms with Crippen molar-refractivity contribution in [2.24, 2.45) is 5.92 Å². The van der Waals surface area contributed by atoms with Crippen molar-refractivity contribution in [2.75, 3.05) is 38.2 Å². The van der Waals surface area contributed by atoms with Crippen LogP contribution in [0, 0.1) is 12.8 Å². The van der Waals surface area contributed by atoms with Crippen molar-refractivity contribution >= 4 is 5.95 Å². The van der Waals surface area contributed by atoms with Gasteiger partial charge in [-0.1, -0.05) is 0 Å². The van der Waals surface area contributed by atoms with Crippen molar-refractivity contribution in [3.8, 4) is 22.8 Å². The van der Waals surface area contributed by atoms with Crippen molar-refractivity contribution < 1.29 is 9.84 Å². The second-order valence-electron chi connectivity index (χ2n) is 7.94. The average molecular weight is 367 g/mol. The minimum Gasteiger partial charge on any atom is -0.507 e. The van der Waals surface area contributed by atoms with Crippen LogP contribution in [0.25, 0.3) is 11.3 Å². The molecule has 0 spiro atoms. The largest absolute Gasteiger partial charge is 0.507 e. The summed E-state index contributed by atoms with van der Waals surface area (Å²) in [5.41, 5.74) is 2.97. The molecule has 0 radical (unpaired) electrons. The number of phenolic OH excluding ortho intramolecular Hbond substituents is 1. The van der Waals surface area contributed by atoms with Gasteiger partial charge >= 0.3 is 0 Å². The molecule has 2 saturated heterocycles. The van der Waals surface area contributed by atoms with Gasteiger partial charge in [-0.2, -0.15) is 0 Å². The van der Waals surface area contributed by atoms with E-state index in [1.807, 2.05) is 19.1 Å². The molecule has 0 amide bonds. The van der Waals surface area contributed by atoms with Crippen molar-refractivity contribution in [1.82, 2.24) is 20.1 Å². The number of phenols is 1. The molecule has 3 aliphatic rings. The first kappa shape index (κ1) is 16.7. The molecule has 0 saturated carbocycles. The molecule has 27 heavy (non-hydrogen) atoms. The summed E-state index contributed by atoms with van der Waals surface area (Å²) in [6.07, 6.45) is 3.17. The molecule has 1 aromatic carbocycles. The highest BCUT2D eigenvalue weighted by molar-refractivity contribution is 5.72. The van der Waals surface area contributed by atoms with E-state index in [1.165, 1.54) is 19.4 Å². The summed E-state index contributed by atoms with van der Waals surface area (Å²) in [5.74, 6) is 2.44. The molecule has 0 bridgehead atoms. The van der Waals surface area contributed by atoms with Gasteiger partial charge in [0.15, 0.2) is 0 Å². The molecule has 2 atom stereocenters. The minimum absolute atomic E-state index is 0.243. The lowest BCUT2D eigenvalue weighted by Crippen LogP contribution is -2.47. The summed E-state index contributed by atoms with van der Waals surface area (Å²) in [6.45, 7) is 5.77. The molecular formula is C20H25N5O2. The van der Waals surface area contributed by atoms with Crippen molar-refractivity contribution in [2.45, 2.75) is 32.2 Å². The van der Waals surface area contributed by atoms with Crippen LogP contribution in [0.15, 0.2) is 12.1 Å². The van der Waals surface area contributed by atoms with Crippen LogP contribution in [0.3, 0.4) is 0 Å². The highest BCUT2D eigenvalue weighted by Gasteiger charge is 2.39. The number of fused-ring (bicyclic) bond motifs is 2. The Labute approximate surface area is 159 Å². The van der Waals surface area contributed by atoms with Gasteiger partial charge in [0.25, 0.3) is 0 Å². The number of hydrogen-bond donors (Lipinski definition) is 1. The highest BCUT2D eigenvalue weighted by Crippen LogP contribution is 2.40. The zero-order chi connectivity index (χ0) is 18.5. The molecule has 2 fully saturated rings. The van der Waals surface area contributed by atoms with Crippen LogP contribution >= 0.6 is 0 Å². The molecule has 0 unspecified atom stereocenters. The number of likely N-dealkylation sites (N-methyl/N-ethyl adjacent to an activating group) is 1. The third kappa shape index (κ3) is 2.72. The minimum atomic E-state index is 0.243. The van der Waals surface area contributed by atoms with E-state index in [0.29, 0.717) is 29.9 Å². The number of aromatic hydroxyl groups is 1. The van der Waals surface area contributed by atoms with Crippen LogP contribution in [-0.2, 0) is 6.42 Å². The molecule has 3 aliphatic heterocycles. The zero-order valence-electron chi connectivity index (χ0n) is 15.9. The Morgan fingerprint density at radius 3 is 2.89 bits per heavy atom. The molecule has 4 heterocycles. The SMILES string of the molecule is Cc1nc(N2CC[C@H]3CCN(C)C[C@H]32)nnc1-c1ccc2c(c1O)CCO2. The zero-order valence-corrected chi connectivity index (χ0v) is 15.9. The molecule has 7 heteroatoms. The molecule has 142 valence electrons. The third-order valence-corrected chi connectivity index (χ3v) is 6.28. The number of aryl methyl sites for hydroxylation is 1. The fourth-order valence-corrected chi connectivity index (χ4v) is 4.76. The molecular weight excluding hydrogens is 342 g/mol. The highest BCUT2D eigenvalue weighted by atomic mass is 16.5. The summed E-state index contributed by atoms with van der Waals surface area (Å²) < 4.78 is 5.52. The van der Waals surface area contributed by atoms with Gasteiger partial charge in [0.05, 0.1) is 12.3 Å². The molecule has 1 N–H and O–H groups in total. The first-order valence-electron chi connectivity index (χ1n) is 9.76. The lowest BCUT2D eigenvalue weighted by atomic mass is 9.92. The molecule has 2 aromatic rings. The van der Waals surface area contributed by atoms with Gasteiger partial charge in [0, 0.05) is 36.7 Å². The molecule has 7 nitrogen and oxygen atoms in total. The predicted molar refractivity (Wildman–Crippen MR) is 102 cm³/mol. The van der Waals surface area contributed by atoms with Crippen LogP contribution in [0.4, 0.5) is 5.95 Å². The number of hydrogen-bond acceptors (Lipinski definition) is 7. The van der Waals surface area contributed by atoms with Crippen LogP contribution in [0.2, 0.25) is 0 Å². The Morgan fingerprint density at radius 2 is 2.04 bits per heavy atom. The lowest BCUT2D eigenvalue weighted by Gasteiger charge is -2.36. The van der Waals surface area contributed by atoms with E-state index in [4.69, 9.17) is 9.72 Å². The Bertz CT molecular complexity index is 887.